The first-order valence-corrected chi connectivity index (χ1v) is 10.1. The van der Waals surface area contributed by atoms with Gasteiger partial charge in [0.1, 0.15) is 5.76 Å². The fraction of sp³-hybridized carbons (Fsp3) is 0.316. The molecule has 0 spiro atoms. The van der Waals surface area contributed by atoms with Crippen molar-refractivity contribution in [3.63, 3.8) is 0 Å². The van der Waals surface area contributed by atoms with Crippen molar-refractivity contribution in [1.82, 2.24) is 15.0 Å². The van der Waals surface area contributed by atoms with Crippen LogP contribution in [0.25, 0.3) is 0 Å². The molecule has 0 atom stereocenters. The summed E-state index contributed by atoms with van der Waals surface area (Å²) in [4.78, 5) is 19.9. The summed E-state index contributed by atoms with van der Waals surface area (Å²) in [6.07, 6.45) is 0. The number of hydrogen-bond donors (Lipinski definition) is 0. The number of rotatable bonds is 6. The third-order valence-corrected chi connectivity index (χ3v) is 5.95. The summed E-state index contributed by atoms with van der Waals surface area (Å²) in [6.45, 7) is 6.25. The normalized spacial score (nSPS) is 10.9. The van der Waals surface area contributed by atoms with Crippen LogP contribution in [0.1, 0.15) is 38.1 Å². The van der Waals surface area contributed by atoms with E-state index in [2.05, 4.69) is 15.5 Å². The maximum absolute atomic E-state index is 12.6. The van der Waals surface area contributed by atoms with Gasteiger partial charge >= 0.3 is 0 Å². The highest BCUT2D eigenvalue weighted by Crippen LogP contribution is 2.24. The predicted molar refractivity (Wildman–Crippen MR) is 105 cm³/mol. The summed E-state index contributed by atoms with van der Waals surface area (Å²) in [6, 6.07) is 7.73. The number of thioether (sulfide) groups is 1. The maximum Gasteiger partial charge on any atom is 0.253 e. The Morgan fingerprint density at radius 3 is 2.54 bits per heavy atom. The highest BCUT2D eigenvalue weighted by atomic mass is 32.2. The standard InChI is InChI=1S/C19H21N3O2S2/c1-12-18(13(2)24-21-12)9-22(4)19(23)15-5-7-17(8-6-15)26-11-16-10-25-14(3)20-16/h5-8,10H,9,11H2,1-4H3. The fourth-order valence-corrected chi connectivity index (χ4v) is 4.09. The quantitative estimate of drug-likeness (QED) is 0.578. The molecule has 2 aromatic heterocycles. The summed E-state index contributed by atoms with van der Waals surface area (Å²) >= 11 is 3.39. The molecule has 0 unspecified atom stereocenters. The van der Waals surface area contributed by atoms with Crippen LogP contribution in [0.4, 0.5) is 0 Å². The van der Waals surface area contributed by atoms with Gasteiger partial charge in [-0.2, -0.15) is 0 Å². The van der Waals surface area contributed by atoms with Gasteiger partial charge in [-0.1, -0.05) is 5.16 Å². The lowest BCUT2D eigenvalue weighted by Gasteiger charge is -2.17. The predicted octanol–water partition coefficient (Wildman–Crippen LogP) is 4.62. The lowest BCUT2D eigenvalue weighted by Crippen LogP contribution is -2.26. The molecule has 3 aromatic rings. The second-order valence-corrected chi connectivity index (χ2v) is 8.25. The van der Waals surface area contributed by atoms with Crippen molar-refractivity contribution in [1.29, 1.82) is 0 Å². The molecular weight excluding hydrogens is 366 g/mol. The van der Waals surface area contributed by atoms with Gasteiger partial charge < -0.3 is 9.42 Å². The summed E-state index contributed by atoms with van der Waals surface area (Å²) in [5, 5.41) is 7.11. The van der Waals surface area contributed by atoms with Crippen LogP contribution in [0, 0.1) is 20.8 Å². The van der Waals surface area contributed by atoms with Gasteiger partial charge in [0.2, 0.25) is 0 Å². The average Bonchev–Trinajstić information content (AvgIpc) is 3.19. The van der Waals surface area contributed by atoms with Crippen molar-refractivity contribution >= 4 is 29.0 Å². The smallest absolute Gasteiger partial charge is 0.253 e. The van der Waals surface area contributed by atoms with Crippen LogP contribution < -0.4 is 0 Å². The zero-order valence-electron chi connectivity index (χ0n) is 15.3. The Hall–Kier alpha value is -2.12. The molecule has 0 aliphatic heterocycles. The maximum atomic E-state index is 12.6. The van der Waals surface area contributed by atoms with E-state index in [-0.39, 0.29) is 5.91 Å². The number of amides is 1. The molecule has 136 valence electrons. The van der Waals surface area contributed by atoms with Crippen LogP contribution in [0.5, 0.6) is 0 Å². The van der Waals surface area contributed by atoms with E-state index >= 15 is 0 Å². The molecule has 2 heterocycles. The second kappa shape index (κ2) is 8.05. The molecular formula is C19H21N3O2S2. The molecule has 0 aliphatic rings. The van der Waals surface area contributed by atoms with Crippen molar-refractivity contribution < 1.29 is 9.32 Å². The van der Waals surface area contributed by atoms with E-state index in [0.717, 1.165) is 38.4 Å². The first-order chi connectivity index (χ1) is 12.4. The van der Waals surface area contributed by atoms with Crippen molar-refractivity contribution in [3.05, 3.63) is 62.9 Å². The third kappa shape index (κ3) is 4.34. The van der Waals surface area contributed by atoms with Gasteiger partial charge in [0, 0.05) is 34.2 Å². The van der Waals surface area contributed by atoms with Crippen LogP contribution in [0.15, 0.2) is 39.1 Å². The largest absolute Gasteiger partial charge is 0.361 e. The highest BCUT2D eigenvalue weighted by Gasteiger charge is 2.16. The number of aryl methyl sites for hydroxylation is 3. The Balaban J connectivity index is 1.61. The fourth-order valence-electron chi connectivity index (χ4n) is 2.58. The van der Waals surface area contributed by atoms with Crippen LogP contribution in [0.2, 0.25) is 0 Å². The average molecular weight is 388 g/mol. The van der Waals surface area contributed by atoms with Gasteiger partial charge in [0.15, 0.2) is 0 Å². The molecule has 0 aliphatic carbocycles. The van der Waals surface area contributed by atoms with E-state index in [4.69, 9.17) is 4.52 Å². The first kappa shape index (κ1) is 18.7. The summed E-state index contributed by atoms with van der Waals surface area (Å²) < 4.78 is 5.17. The summed E-state index contributed by atoms with van der Waals surface area (Å²) in [5.74, 6) is 1.58. The lowest BCUT2D eigenvalue weighted by atomic mass is 10.1. The van der Waals surface area contributed by atoms with Crippen molar-refractivity contribution in [2.45, 2.75) is 38.0 Å². The van der Waals surface area contributed by atoms with E-state index < -0.39 is 0 Å². The van der Waals surface area contributed by atoms with E-state index in [0.29, 0.717) is 12.1 Å². The molecule has 5 nitrogen and oxygen atoms in total. The Bertz CT molecular complexity index is 880. The van der Waals surface area contributed by atoms with Gasteiger partial charge in [0.25, 0.3) is 5.91 Å². The number of thiazole rings is 1. The Kier molecular flexibility index (Phi) is 5.78. The molecule has 7 heteroatoms. The molecule has 0 N–H and O–H groups in total. The second-order valence-electron chi connectivity index (χ2n) is 6.13. The number of carbonyl (C=O) groups excluding carboxylic acids is 1. The monoisotopic (exact) mass is 387 g/mol. The molecule has 1 amide bonds. The van der Waals surface area contributed by atoms with E-state index in [1.54, 1.807) is 35.0 Å². The van der Waals surface area contributed by atoms with Crippen LogP contribution in [0.3, 0.4) is 0 Å². The topological polar surface area (TPSA) is 59.2 Å². The summed E-state index contributed by atoms with van der Waals surface area (Å²) in [5.41, 5.74) is 3.56. The van der Waals surface area contributed by atoms with Crippen LogP contribution >= 0.6 is 23.1 Å². The molecule has 0 radical (unpaired) electrons. The van der Waals surface area contributed by atoms with Crippen molar-refractivity contribution in [2.24, 2.45) is 0 Å². The van der Waals surface area contributed by atoms with Crippen molar-refractivity contribution in [3.8, 4) is 0 Å². The molecule has 0 saturated heterocycles. The minimum Gasteiger partial charge on any atom is -0.361 e. The number of benzene rings is 1. The first-order valence-electron chi connectivity index (χ1n) is 8.25. The zero-order chi connectivity index (χ0) is 18.7. The Morgan fingerprint density at radius 1 is 1.23 bits per heavy atom. The van der Waals surface area contributed by atoms with Crippen LogP contribution in [-0.4, -0.2) is 28.0 Å². The highest BCUT2D eigenvalue weighted by molar-refractivity contribution is 7.98. The molecule has 0 bridgehead atoms. The van der Waals surface area contributed by atoms with E-state index in [1.807, 2.05) is 45.0 Å². The molecule has 1 aromatic carbocycles. The minimum atomic E-state index is -0.0170. The van der Waals surface area contributed by atoms with Crippen LogP contribution in [-0.2, 0) is 12.3 Å². The molecule has 0 saturated carbocycles. The number of aromatic nitrogens is 2. The summed E-state index contributed by atoms with van der Waals surface area (Å²) in [7, 11) is 1.79. The third-order valence-electron chi connectivity index (χ3n) is 4.08. The van der Waals surface area contributed by atoms with Crippen molar-refractivity contribution in [2.75, 3.05) is 7.05 Å². The zero-order valence-corrected chi connectivity index (χ0v) is 16.9. The molecule has 3 rings (SSSR count). The van der Waals surface area contributed by atoms with E-state index in [1.165, 1.54) is 0 Å². The van der Waals surface area contributed by atoms with Gasteiger partial charge in [-0.25, -0.2) is 4.98 Å². The molecule has 26 heavy (non-hydrogen) atoms. The van der Waals surface area contributed by atoms with Gasteiger partial charge in [-0.15, -0.1) is 23.1 Å². The van der Waals surface area contributed by atoms with Gasteiger partial charge in [0.05, 0.1) is 22.9 Å². The van der Waals surface area contributed by atoms with Gasteiger partial charge in [-0.05, 0) is 45.0 Å². The lowest BCUT2D eigenvalue weighted by molar-refractivity contribution is 0.0784. The Labute approximate surface area is 161 Å². The molecule has 0 fully saturated rings. The van der Waals surface area contributed by atoms with Gasteiger partial charge in [-0.3, -0.25) is 4.79 Å². The SMILES string of the molecule is Cc1nc(CSc2ccc(C(=O)N(C)Cc3c(C)noc3C)cc2)cs1. The number of hydrogen-bond acceptors (Lipinski definition) is 6. The Morgan fingerprint density at radius 2 is 1.96 bits per heavy atom. The minimum absolute atomic E-state index is 0.0170. The number of nitrogens with zero attached hydrogens (tertiary/aromatic N) is 3. The van der Waals surface area contributed by atoms with E-state index in [9.17, 15) is 4.79 Å². The number of carbonyl (C=O) groups is 1.